The molecule has 0 fully saturated rings. The third kappa shape index (κ3) is 4.73. The molecule has 9 heteroatoms. The van der Waals surface area contributed by atoms with Crippen LogP contribution in [0.2, 0.25) is 0 Å². The van der Waals surface area contributed by atoms with Crippen LogP contribution >= 0.6 is 23.5 Å². The summed E-state index contributed by atoms with van der Waals surface area (Å²) < 4.78 is 5.36. The lowest BCUT2D eigenvalue weighted by Crippen LogP contribution is -2.00. The van der Waals surface area contributed by atoms with E-state index in [0.29, 0.717) is 44.4 Å². The lowest BCUT2D eigenvalue weighted by Gasteiger charge is -2.10. The summed E-state index contributed by atoms with van der Waals surface area (Å²) in [6.45, 7) is 11.7. The van der Waals surface area contributed by atoms with Crippen molar-refractivity contribution < 1.29 is 4.52 Å². The Morgan fingerprint density at radius 2 is 1.19 bits per heavy atom. The number of nitrogens with zero attached hydrogens (tertiary/aromatic N) is 6. The molecule has 3 aromatic rings. The molecule has 0 N–H and O–H groups in total. The van der Waals surface area contributed by atoms with Crippen molar-refractivity contribution in [1.82, 2.24) is 20.1 Å². The van der Waals surface area contributed by atoms with E-state index in [4.69, 9.17) is 4.52 Å². The standard InChI is InChI=1S/C22H22N6OS2/c1-11-13(3)17(7-23)21(25-15(11)5)30-9-19-27-20(29-28-19)10-31-22-18(8-24)14(4)12(2)16(6)26-22/h9-10H2,1-6H3. The van der Waals surface area contributed by atoms with E-state index >= 15 is 0 Å². The lowest BCUT2D eigenvalue weighted by molar-refractivity contribution is 0.386. The zero-order valence-corrected chi connectivity index (χ0v) is 20.0. The summed E-state index contributed by atoms with van der Waals surface area (Å²) >= 11 is 2.83. The summed E-state index contributed by atoms with van der Waals surface area (Å²) in [7, 11) is 0. The number of aromatic nitrogens is 4. The first kappa shape index (κ1) is 22.8. The fourth-order valence-corrected chi connectivity index (χ4v) is 4.81. The van der Waals surface area contributed by atoms with Crippen LogP contribution < -0.4 is 0 Å². The summed E-state index contributed by atoms with van der Waals surface area (Å²) in [5.41, 5.74) is 6.96. The molecular weight excluding hydrogens is 428 g/mol. The van der Waals surface area contributed by atoms with E-state index in [1.54, 1.807) is 0 Å². The van der Waals surface area contributed by atoms with Crippen LogP contribution in [0.4, 0.5) is 0 Å². The van der Waals surface area contributed by atoms with Crippen molar-refractivity contribution in [2.45, 2.75) is 63.1 Å². The summed E-state index contributed by atoms with van der Waals surface area (Å²) in [6, 6.07) is 4.50. The number of hydrogen-bond acceptors (Lipinski definition) is 9. The van der Waals surface area contributed by atoms with Gasteiger partial charge in [-0.3, -0.25) is 0 Å². The first-order valence-electron chi connectivity index (χ1n) is 9.59. The number of pyridine rings is 2. The summed E-state index contributed by atoms with van der Waals surface area (Å²) in [4.78, 5) is 13.5. The second-order valence-electron chi connectivity index (χ2n) is 7.16. The smallest absolute Gasteiger partial charge is 0.237 e. The molecule has 0 radical (unpaired) electrons. The first-order chi connectivity index (χ1) is 14.8. The van der Waals surface area contributed by atoms with Crippen LogP contribution in [0.5, 0.6) is 0 Å². The molecule has 0 spiro atoms. The van der Waals surface area contributed by atoms with Crippen LogP contribution in [0.1, 0.15) is 56.5 Å². The fourth-order valence-electron chi connectivity index (χ4n) is 2.97. The zero-order valence-electron chi connectivity index (χ0n) is 18.3. The van der Waals surface area contributed by atoms with Gasteiger partial charge in [0.2, 0.25) is 5.89 Å². The van der Waals surface area contributed by atoms with E-state index < -0.39 is 0 Å². The molecule has 0 atom stereocenters. The predicted octanol–water partition coefficient (Wildman–Crippen LogP) is 5.04. The SMILES string of the molecule is Cc1nc(SCc2noc(CSc3nc(C)c(C)c(C)c3C#N)n2)c(C#N)c(C)c1C. The van der Waals surface area contributed by atoms with Gasteiger partial charge in [-0.05, 0) is 63.8 Å². The van der Waals surface area contributed by atoms with Gasteiger partial charge in [0.1, 0.15) is 22.2 Å². The summed E-state index contributed by atoms with van der Waals surface area (Å²) in [5.74, 6) is 1.87. The average Bonchev–Trinajstić information content (AvgIpc) is 3.21. The molecule has 0 aromatic carbocycles. The lowest BCUT2D eigenvalue weighted by atomic mass is 10.1. The molecule has 0 unspecified atom stereocenters. The molecule has 0 bridgehead atoms. The highest BCUT2D eigenvalue weighted by molar-refractivity contribution is 7.98. The number of rotatable bonds is 6. The monoisotopic (exact) mass is 450 g/mol. The van der Waals surface area contributed by atoms with E-state index in [-0.39, 0.29) is 0 Å². The Morgan fingerprint density at radius 1 is 0.710 bits per heavy atom. The molecule has 0 aliphatic carbocycles. The third-order valence-corrected chi connectivity index (χ3v) is 7.26. The van der Waals surface area contributed by atoms with E-state index in [0.717, 1.165) is 33.6 Å². The maximum Gasteiger partial charge on any atom is 0.237 e. The van der Waals surface area contributed by atoms with Crippen molar-refractivity contribution in [3.63, 3.8) is 0 Å². The Bertz CT molecular complexity index is 1140. The zero-order chi connectivity index (χ0) is 22.7. The Hall–Kier alpha value is -2.88. The Balaban J connectivity index is 1.71. The molecule has 0 aliphatic rings. The van der Waals surface area contributed by atoms with Crippen molar-refractivity contribution in [3.8, 4) is 12.1 Å². The second-order valence-corrected chi connectivity index (χ2v) is 9.09. The largest absolute Gasteiger partial charge is 0.338 e. The fraction of sp³-hybridized carbons (Fsp3) is 0.364. The molecular formula is C22H22N6OS2. The minimum atomic E-state index is 0.422. The van der Waals surface area contributed by atoms with Gasteiger partial charge in [0.05, 0.1) is 22.6 Å². The van der Waals surface area contributed by atoms with Gasteiger partial charge in [-0.15, -0.1) is 0 Å². The maximum atomic E-state index is 9.51. The van der Waals surface area contributed by atoms with Gasteiger partial charge in [0, 0.05) is 11.4 Å². The Labute approximate surface area is 190 Å². The van der Waals surface area contributed by atoms with E-state index in [1.807, 2.05) is 41.5 Å². The highest BCUT2D eigenvalue weighted by Gasteiger charge is 2.17. The summed E-state index contributed by atoms with van der Waals surface area (Å²) in [5, 5.41) is 24.4. The van der Waals surface area contributed by atoms with Crippen LogP contribution in [0.15, 0.2) is 14.6 Å². The predicted molar refractivity (Wildman–Crippen MR) is 120 cm³/mol. The summed E-state index contributed by atoms with van der Waals surface area (Å²) in [6.07, 6.45) is 0. The highest BCUT2D eigenvalue weighted by atomic mass is 32.2. The third-order valence-electron chi connectivity index (χ3n) is 5.33. The number of nitriles is 2. The number of aryl methyl sites for hydroxylation is 2. The Kier molecular flexibility index (Phi) is 6.99. The molecule has 3 heterocycles. The number of thioether (sulfide) groups is 2. The van der Waals surface area contributed by atoms with Gasteiger partial charge in [0.15, 0.2) is 5.82 Å². The van der Waals surface area contributed by atoms with Crippen LogP contribution in [-0.2, 0) is 11.5 Å². The quantitative estimate of drug-likeness (QED) is 0.477. The Morgan fingerprint density at radius 3 is 1.68 bits per heavy atom. The molecule has 0 saturated carbocycles. The van der Waals surface area contributed by atoms with Gasteiger partial charge in [-0.2, -0.15) is 15.5 Å². The normalized spacial score (nSPS) is 10.7. The van der Waals surface area contributed by atoms with Crippen LogP contribution in [0.25, 0.3) is 0 Å². The van der Waals surface area contributed by atoms with Crippen molar-refractivity contribution in [2.75, 3.05) is 0 Å². The van der Waals surface area contributed by atoms with E-state index in [9.17, 15) is 10.5 Å². The first-order valence-corrected chi connectivity index (χ1v) is 11.6. The molecule has 158 valence electrons. The van der Waals surface area contributed by atoms with Gasteiger partial charge in [-0.25, -0.2) is 9.97 Å². The van der Waals surface area contributed by atoms with Gasteiger partial charge in [0.25, 0.3) is 0 Å². The molecule has 0 amide bonds. The van der Waals surface area contributed by atoms with Crippen molar-refractivity contribution >= 4 is 23.5 Å². The molecule has 31 heavy (non-hydrogen) atoms. The molecule has 3 rings (SSSR count). The topological polar surface area (TPSA) is 112 Å². The minimum absolute atomic E-state index is 0.422. The molecule has 7 nitrogen and oxygen atoms in total. The molecule has 3 aromatic heterocycles. The van der Waals surface area contributed by atoms with Crippen molar-refractivity contribution in [3.05, 3.63) is 56.5 Å². The van der Waals surface area contributed by atoms with Crippen LogP contribution in [0, 0.1) is 64.2 Å². The van der Waals surface area contributed by atoms with Gasteiger partial charge < -0.3 is 4.52 Å². The average molecular weight is 451 g/mol. The highest BCUT2D eigenvalue weighted by Crippen LogP contribution is 2.30. The minimum Gasteiger partial charge on any atom is -0.338 e. The van der Waals surface area contributed by atoms with E-state index in [2.05, 4.69) is 32.2 Å². The molecule has 0 aliphatic heterocycles. The van der Waals surface area contributed by atoms with E-state index in [1.165, 1.54) is 23.5 Å². The van der Waals surface area contributed by atoms with Crippen LogP contribution in [-0.4, -0.2) is 20.1 Å². The van der Waals surface area contributed by atoms with Crippen molar-refractivity contribution in [2.24, 2.45) is 0 Å². The maximum absolute atomic E-state index is 9.51. The van der Waals surface area contributed by atoms with Gasteiger partial charge >= 0.3 is 0 Å². The van der Waals surface area contributed by atoms with Crippen molar-refractivity contribution in [1.29, 1.82) is 10.5 Å². The van der Waals surface area contributed by atoms with Crippen LogP contribution in [0.3, 0.4) is 0 Å². The second kappa shape index (κ2) is 9.51. The number of hydrogen-bond donors (Lipinski definition) is 0. The van der Waals surface area contributed by atoms with Gasteiger partial charge in [-0.1, -0.05) is 28.7 Å². The molecule has 0 saturated heterocycles.